The first-order chi connectivity index (χ1) is 8.81. The van der Waals surface area contributed by atoms with Crippen LogP contribution in [0.25, 0.3) is 0 Å². The molecule has 98 valence electrons. The highest BCUT2D eigenvalue weighted by molar-refractivity contribution is 5.19. The van der Waals surface area contributed by atoms with Gasteiger partial charge in [0.05, 0.1) is 0 Å². The van der Waals surface area contributed by atoms with Crippen molar-refractivity contribution in [3.63, 3.8) is 0 Å². The molecule has 0 aromatic heterocycles. The number of nitrogens with zero attached hydrogens (tertiary/aromatic N) is 1. The molecule has 2 nitrogen and oxygen atoms in total. The Morgan fingerprint density at radius 1 is 1.28 bits per heavy atom. The first kappa shape index (κ1) is 12.2. The molecule has 0 spiro atoms. The molecule has 0 aliphatic carbocycles. The van der Waals surface area contributed by atoms with E-state index in [9.17, 15) is 0 Å². The van der Waals surface area contributed by atoms with Crippen molar-refractivity contribution in [3.8, 4) is 0 Å². The van der Waals surface area contributed by atoms with E-state index in [1.165, 1.54) is 31.6 Å². The molecule has 0 saturated carbocycles. The summed E-state index contributed by atoms with van der Waals surface area (Å²) in [5, 5.41) is 3.56. The van der Waals surface area contributed by atoms with Crippen molar-refractivity contribution in [1.29, 1.82) is 0 Å². The lowest BCUT2D eigenvalue weighted by Gasteiger charge is -2.32. The fourth-order valence-corrected chi connectivity index (χ4v) is 3.96. The highest BCUT2D eigenvalue weighted by atomic mass is 15.2. The summed E-state index contributed by atoms with van der Waals surface area (Å²) in [6, 6.07) is 12.3. The third-order valence-corrected chi connectivity index (χ3v) is 4.96. The Morgan fingerprint density at radius 3 is 2.78 bits per heavy atom. The number of hydrogen-bond donors (Lipinski definition) is 1. The first-order valence-corrected chi connectivity index (χ1v) is 7.32. The minimum absolute atomic E-state index is 0.557. The molecular weight excluding hydrogens is 220 g/mol. The monoisotopic (exact) mass is 244 g/mol. The topological polar surface area (TPSA) is 15.3 Å². The van der Waals surface area contributed by atoms with Crippen molar-refractivity contribution in [2.45, 2.75) is 32.4 Å². The number of likely N-dealkylation sites (tertiary alicyclic amines) is 1. The summed E-state index contributed by atoms with van der Waals surface area (Å²) in [5.41, 5.74) is 1.46. The molecule has 0 amide bonds. The predicted molar refractivity (Wildman–Crippen MR) is 75.5 cm³/mol. The van der Waals surface area contributed by atoms with Gasteiger partial charge < -0.3 is 5.32 Å². The van der Waals surface area contributed by atoms with E-state index >= 15 is 0 Å². The normalized spacial score (nSPS) is 33.6. The molecule has 1 aromatic carbocycles. The van der Waals surface area contributed by atoms with E-state index in [0.29, 0.717) is 6.04 Å². The third kappa shape index (κ3) is 1.98. The average molecular weight is 244 g/mol. The molecule has 2 fully saturated rings. The number of hydrogen-bond acceptors (Lipinski definition) is 2. The van der Waals surface area contributed by atoms with Crippen molar-refractivity contribution in [1.82, 2.24) is 10.2 Å². The standard InChI is InChI=1S/C16H24N2/c1-3-16-15-10-17-9-14(15)11-18(16)12(2)13-7-5-4-6-8-13/h4-8,12,14-17H,3,9-11H2,1-2H3. The second kappa shape index (κ2) is 5.02. The maximum Gasteiger partial charge on any atom is 0.0323 e. The SMILES string of the molecule is CCC1C2CNCC2CN1C(C)c1ccccc1. The molecule has 2 heterocycles. The Bertz CT molecular complexity index is 389. The molecule has 1 N–H and O–H groups in total. The summed E-state index contributed by atoms with van der Waals surface area (Å²) in [5.74, 6) is 1.75. The summed E-state index contributed by atoms with van der Waals surface area (Å²) in [7, 11) is 0. The van der Waals surface area contributed by atoms with Crippen LogP contribution in [0.5, 0.6) is 0 Å². The van der Waals surface area contributed by atoms with E-state index in [2.05, 4.69) is 54.4 Å². The van der Waals surface area contributed by atoms with Crippen molar-refractivity contribution >= 4 is 0 Å². The number of fused-ring (bicyclic) bond motifs is 1. The van der Waals surface area contributed by atoms with Gasteiger partial charge in [-0.15, -0.1) is 0 Å². The number of nitrogens with one attached hydrogen (secondary N) is 1. The first-order valence-electron chi connectivity index (χ1n) is 7.32. The molecule has 2 heteroatoms. The molecular formula is C16H24N2. The molecule has 4 atom stereocenters. The molecule has 2 aliphatic rings. The Balaban J connectivity index is 1.80. The maximum absolute atomic E-state index is 3.56. The van der Waals surface area contributed by atoms with Crippen LogP contribution in [0.2, 0.25) is 0 Å². The summed E-state index contributed by atoms with van der Waals surface area (Å²) >= 11 is 0. The van der Waals surface area contributed by atoms with Gasteiger partial charge in [-0.2, -0.15) is 0 Å². The molecule has 1 aromatic rings. The van der Waals surface area contributed by atoms with Crippen molar-refractivity contribution < 1.29 is 0 Å². The van der Waals surface area contributed by atoms with Crippen LogP contribution in [-0.2, 0) is 0 Å². The summed E-state index contributed by atoms with van der Waals surface area (Å²) in [6.45, 7) is 8.43. The van der Waals surface area contributed by atoms with Gasteiger partial charge in [0.2, 0.25) is 0 Å². The molecule has 2 aliphatic heterocycles. The van der Waals surface area contributed by atoms with Crippen LogP contribution in [0, 0.1) is 11.8 Å². The van der Waals surface area contributed by atoms with Gasteiger partial charge in [0.15, 0.2) is 0 Å². The fraction of sp³-hybridized carbons (Fsp3) is 0.625. The van der Waals surface area contributed by atoms with Crippen LogP contribution in [0.15, 0.2) is 30.3 Å². The lowest BCUT2D eigenvalue weighted by molar-refractivity contribution is 0.165. The van der Waals surface area contributed by atoms with Crippen molar-refractivity contribution in [3.05, 3.63) is 35.9 Å². The van der Waals surface area contributed by atoms with Crippen molar-refractivity contribution in [2.75, 3.05) is 19.6 Å². The smallest absolute Gasteiger partial charge is 0.0323 e. The Hall–Kier alpha value is -0.860. The molecule has 0 radical (unpaired) electrons. The molecule has 3 rings (SSSR count). The van der Waals surface area contributed by atoms with Gasteiger partial charge in [-0.1, -0.05) is 37.3 Å². The zero-order valence-corrected chi connectivity index (χ0v) is 11.5. The van der Waals surface area contributed by atoms with Gasteiger partial charge in [0.1, 0.15) is 0 Å². The van der Waals surface area contributed by atoms with E-state index in [4.69, 9.17) is 0 Å². The van der Waals surface area contributed by atoms with Crippen LogP contribution in [0.1, 0.15) is 31.9 Å². The summed E-state index contributed by atoms with van der Waals surface area (Å²) < 4.78 is 0. The quantitative estimate of drug-likeness (QED) is 0.879. The minimum atomic E-state index is 0.557. The highest BCUT2D eigenvalue weighted by Crippen LogP contribution is 2.39. The lowest BCUT2D eigenvalue weighted by Crippen LogP contribution is -2.36. The second-order valence-corrected chi connectivity index (χ2v) is 5.84. The number of rotatable bonds is 3. The van der Waals surface area contributed by atoms with Crippen LogP contribution in [0.3, 0.4) is 0 Å². The van der Waals surface area contributed by atoms with Gasteiger partial charge in [0.25, 0.3) is 0 Å². The molecule has 4 unspecified atom stereocenters. The van der Waals surface area contributed by atoms with Gasteiger partial charge in [-0.25, -0.2) is 0 Å². The van der Waals surface area contributed by atoms with Gasteiger partial charge in [-0.3, -0.25) is 4.90 Å². The summed E-state index contributed by atoms with van der Waals surface area (Å²) in [4.78, 5) is 2.74. The predicted octanol–water partition coefficient (Wildman–Crippen LogP) is 2.68. The van der Waals surface area contributed by atoms with E-state index in [1.54, 1.807) is 0 Å². The Morgan fingerprint density at radius 2 is 2.06 bits per heavy atom. The van der Waals surface area contributed by atoms with Crippen LogP contribution >= 0.6 is 0 Å². The zero-order chi connectivity index (χ0) is 12.5. The third-order valence-electron chi connectivity index (χ3n) is 4.96. The average Bonchev–Trinajstić information content (AvgIpc) is 2.98. The Kier molecular flexibility index (Phi) is 3.40. The van der Waals surface area contributed by atoms with E-state index in [1.807, 2.05) is 0 Å². The molecule has 2 saturated heterocycles. The maximum atomic E-state index is 3.56. The number of benzene rings is 1. The van der Waals surface area contributed by atoms with E-state index < -0.39 is 0 Å². The fourth-order valence-electron chi connectivity index (χ4n) is 3.96. The largest absolute Gasteiger partial charge is 0.316 e. The molecule has 18 heavy (non-hydrogen) atoms. The van der Waals surface area contributed by atoms with E-state index in [0.717, 1.165) is 17.9 Å². The van der Waals surface area contributed by atoms with Crippen LogP contribution < -0.4 is 5.32 Å². The van der Waals surface area contributed by atoms with Gasteiger partial charge in [0, 0.05) is 18.6 Å². The lowest BCUT2D eigenvalue weighted by atomic mass is 9.92. The van der Waals surface area contributed by atoms with E-state index in [-0.39, 0.29) is 0 Å². The zero-order valence-electron chi connectivity index (χ0n) is 11.5. The molecule has 0 bridgehead atoms. The second-order valence-electron chi connectivity index (χ2n) is 5.84. The van der Waals surface area contributed by atoms with Gasteiger partial charge >= 0.3 is 0 Å². The van der Waals surface area contributed by atoms with Crippen molar-refractivity contribution in [2.24, 2.45) is 11.8 Å². The van der Waals surface area contributed by atoms with Gasteiger partial charge in [-0.05, 0) is 43.8 Å². The van der Waals surface area contributed by atoms with Crippen LogP contribution in [0.4, 0.5) is 0 Å². The Labute approximate surface area is 110 Å². The van der Waals surface area contributed by atoms with Crippen LogP contribution in [-0.4, -0.2) is 30.6 Å². The summed E-state index contributed by atoms with van der Waals surface area (Å²) in [6.07, 6.45) is 1.28. The minimum Gasteiger partial charge on any atom is -0.316 e. The highest BCUT2D eigenvalue weighted by Gasteiger charge is 2.44.